The second kappa shape index (κ2) is 8.29. The third-order valence-electron chi connectivity index (χ3n) is 4.33. The summed E-state index contributed by atoms with van der Waals surface area (Å²) in [5.41, 5.74) is 0.538. The molecule has 1 saturated heterocycles. The Hall–Kier alpha value is -3.76. The molecular weight excluding hydrogens is 370 g/mol. The van der Waals surface area contributed by atoms with Gasteiger partial charge in [0.2, 0.25) is 5.75 Å². The van der Waals surface area contributed by atoms with Crippen LogP contribution >= 0.6 is 0 Å². The monoisotopic (exact) mass is 387 g/mol. The first kappa shape index (κ1) is 19.0. The standard InChI is InChI=1S/C17H17N5O6/c23-16(12-28-15-6-3-7-18-17(15)22(26)27)20-10-8-19(9-11-20)13-4-1-2-5-14(13)21(24)25/h1-7H,8-12H2. The van der Waals surface area contributed by atoms with E-state index in [4.69, 9.17) is 4.74 Å². The second-order valence-electron chi connectivity index (χ2n) is 5.98. The van der Waals surface area contributed by atoms with Gasteiger partial charge in [0.15, 0.2) is 6.61 Å². The van der Waals surface area contributed by atoms with Gasteiger partial charge in [0.05, 0.1) is 4.92 Å². The Morgan fingerprint density at radius 3 is 2.43 bits per heavy atom. The molecule has 0 atom stereocenters. The fraction of sp³-hybridized carbons (Fsp3) is 0.294. The normalized spacial score (nSPS) is 13.9. The van der Waals surface area contributed by atoms with Gasteiger partial charge in [-0.1, -0.05) is 12.1 Å². The minimum Gasteiger partial charge on any atom is -0.476 e. The van der Waals surface area contributed by atoms with Crippen molar-refractivity contribution < 1.29 is 19.4 Å². The topological polar surface area (TPSA) is 132 Å². The highest BCUT2D eigenvalue weighted by atomic mass is 16.6. The molecule has 1 aromatic heterocycles. The Morgan fingerprint density at radius 2 is 1.75 bits per heavy atom. The zero-order chi connectivity index (χ0) is 20.1. The van der Waals surface area contributed by atoms with Gasteiger partial charge < -0.3 is 24.7 Å². The van der Waals surface area contributed by atoms with E-state index >= 15 is 0 Å². The number of anilines is 1. The maximum Gasteiger partial charge on any atom is 0.406 e. The van der Waals surface area contributed by atoms with Crippen LogP contribution in [0, 0.1) is 20.2 Å². The van der Waals surface area contributed by atoms with Crippen molar-refractivity contribution in [3.05, 3.63) is 62.8 Å². The van der Waals surface area contributed by atoms with Gasteiger partial charge in [-0.3, -0.25) is 14.9 Å². The number of piperazine rings is 1. The third-order valence-corrected chi connectivity index (χ3v) is 4.33. The Morgan fingerprint density at radius 1 is 1.04 bits per heavy atom. The van der Waals surface area contributed by atoms with Crippen LogP contribution in [-0.4, -0.2) is 58.4 Å². The predicted molar refractivity (Wildman–Crippen MR) is 98.3 cm³/mol. The van der Waals surface area contributed by atoms with Gasteiger partial charge in [-0.2, -0.15) is 0 Å². The number of carbonyl (C=O) groups excluding carboxylic acids is 1. The number of hydrogen-bond acceptors (Lipinski definition) is 8. The maximum atomic E-state index is 12.4. The first-order valence-electron chi connectivity index (χ1n) is 8.45. The van der Waals surface area contributed by atoms with Crippen LogP contribution in [0.25, 0.3) is 0 Å². The summed E-state index contributed by atoms with van der Waals surface area (Å²) in [6.45, 7) is 1.25. The van der Waals surface area contributed by atoms with E-state index in [1.54, 1.807) is 23.1 Å². The van der Waals surface area contributed by atoms with Crippen LogP contribution in [0.5, 0.6) is 5.75 Å². The summed E-state index contributed by atoms with van der Waals surface area (Å²) >= 11 is 0. The van der Waals surface area contributed by atoms with Crippen LogP contribution in [0.1, 0.15) is 0 Å². The summed E-state index contributed by atoms with van der Waals surface area (Å²) in [7, 11) is 0. The molecule has 1 amide bonds. The zero-order valence-electron chi connectivity index (χ0n) is 14.8. The number of pyridine rings is 1. The Kier molecular flexibility index (Phi) is 5.63. The van der Waals surface area contributed by atoms with Crippen molar-refractivity contribution in [3.8, 4) is 5.75 Å². The van der Waals surface area contributed by atoms with Crippen LogP contribution in [0.4, 0.5) is 17.2 Å². The molecule has 0 N–H and O–H groups in total. The lowest BCUT2D eigenvalue weighted by molar-refractivity contribution is -0.390. The highest BCUT2D eigenvalue weighted by molar-refractivity contribution is 5.78. The van der Waals surface area contributed by atoms with Gasteiger partial charge in [-0.05, 0) is 28.1 Å². The molecule has 0 spiro atoms. The second-order valence-corrected chi connectivity index (χ2v) is 5.98. The lowest BCUT2D eigenvalue weighted by Gasteiger charge is -2.35. The summed E-state index contributed by atoms with van der Waals surface area (Å²) < 4.78 is 5.28. The molecule has 0 bridgehead atoms. The van der Waals surface area contributed by atoms with Crippen LogP contribution in [-0.2, 0) is 4.79 Å². The number of para-hydroxylation sites is 2. The third kappa shape index (κ3) is 4.14. The number of nitro groups is 2. The summed E-state index contributed by atoms with van der Waals surface area (Å²) in [6, 6.07) is 9.33. The summed E-state index contributed by atoms with van der Waals surface area (Å²) in [5, 5.41) is 22.1. The first-order valence-corrected chi connectivity index (χ1v) is 8.45. The number of carbonyl (C=O) groups is 1. The molecule has 1 aliphatic heterocycles. The minimum atomic E-state index is -0.675. The SMILES string of the molecule is O=C(COc1cccnc1[N+](=O)[O-])N1CCN(c2ccccc2[N+](=O)[O-])CC1. The molecule has 146 valence electrons. The van der Waals surface area contributed by atoms with Gasteiger partial charge in [-0.25, -0.2) is 0 Å². The molecule has 1 aliphatic rings. The molecule has 1 fully saturated rings. The van der Waals surface area contributed by atoms with Crippen LogP contribution in [0.15, 0.2) is 42.6 Å². The van der Waals surface area contributed by atoms with E-state index in [0.717, 1.165) is 0 Å². The first-order chi connectivity index (χ1) is 13.5. The highest BCUT2D eigenvalue weighted by Crippen LogP contribution is 2.28. The molecule has 2 heterocycles. The van der Waals surface area contributed by atoms with Gasteiger partial charge in [0, 0.05) is 32.2 Å². The van der Waals surface area contributed by atoms with Crippen molar-refractivity contribution >= 4 is 23.1 Å². The molecular formula is C17H17N5O6. The number of nitrogens with zero attached hydrogens (tertiary/aromatic N) is 5. The van der Waals surface area contributed by atoms with E-state index in [2.05, 4.69) is 4.98 Å². The van der Waals surface area contributed by atoms with Crippen molar-refractivity contribution in [2.24, 2.45) is 0 Å². The molecule has 1 aromatic carbocycles. The molecule has 0 saturated carbocycles. The minimum absolute atomic E-state index is 0.0227. The fourth-order valence-corrected chi connectivity index (χ4v) is 2.95. The predicted octanol–water partition coefficient (Wildman–Crippen LogP) is 1.63. The molecule has 0 aliphatic carbocycles. The van der Waals surface area contributed by atoms with Crippen molar-refractivity contribution in [2.75, 3.05) is 37.7 Å². The van der Waals surface area contributed by atoms with E-state index in [1.807, 2.05) is 4.90 Å². The number of nitro benzene ring substituents is 1. The van der Waals surface area contributed by atoms with Crippen molar-refractivity contribution in [1.29, 1.82) is 0 Å². The number of aromatic nitrogens is 1. The molecule has 2 aromatic rings. The van der Waals surface area contributed by atoms with Gasteiger partial charge in [0.25, 0.3) is 11.6 Å². The molecule has 3 rings (SSSR count). The van der Waals surface area contributed by atoms with Gasteiger partial charge in [0.1, 0.15) is 11.9 Å². The van der Waals surface area contributed by atoms with Crippen molar-refractivity contribution in [1.82, 2.24) is 9.88 Å². The molecule has 11 heteroatoms. The largest absolute Gasteiger partial charge is 0.476 e. The quantitative estimate of drug-likeness (QED) is 0.539. The molecule has 0 unspecified atom stereocenters. The van der Waals surface area contributed by atoms with E-state index in [1.165, 1.54) is 24.4 Å². The van der Waals surface area contributed by atoms with E-state index < -0.39 is 15.7 Å². The molecule has 11 nitrogen and oxygen atoms in total. The van der Waals surface area contributed by atoms with Crippen LogP contribution in [0.3, 0.4) is 0 Å². The Bertz CT molecular complexity index is 897. The summed E-state index contributed by atoms with van der Waals surface area (Å²) in [6.07, 6.45) is 1.27. The number of rotatable bonds is 6. The average Bonchev–Trinajstić information content (AvgIpc) is 2.72. The fourth-order valence-electron chi connectivity index (χ4n) is 2.95. The summed E-state index contributed by atoms with van der Waals surface area (Å²) in [5.74, 6) is -0.837. The van der Waals surface area contributed by atoms with Crippen molar-refractivity contribution in [2.45, 2.75) is 0 Å². The molecule has 0 radical (unpaired) electrons. The van der Waals surface area contributed by atoms with E-state index in [9.17, 15) is 25.0 Å². The maximum absolute atomic E-state index is 12.4. The number of hydrogen-bond donors (Lipinski definition) is 0. The smallest absolute Gasteiger partial charge is 0.406 e. The van der Waals surface area contributed by atoms with Crippen LogP contribution < -0.4 is 9.64 Å². The molecule has 28 heavy (non-hydrogen) atoms. The Labute approximate surface area is 159 Å². The average molecular weight is 387 g/mol. The highest BCUT2D eigenvalue weighted by Gasteiger charge is 2.26. The number of amides is 1. The summed E-state index contributed by atoms with van der Waals surface area (Å²) in [4.78, 5) is 40.4. The number of ether oxygens (including phenoxy) is 1. The van der Waals surface area contributed by atoms with E-state index in [-0.39, 0.29) is 24.0 Å². The zero-order valence-corrected chi connectivity index (χ0v) is 14.8. The Balaban J connectivity index is 1.58. The number of benzene rings is 1. The van der Waals surface area contributed by atoms with E-state index in [0.29, 0.717) is 31.9 Å². The van der Waals surface area contributed by atoms with Crippen LogP contribution in [0.2, 0.25) is 0 Å². The van der Waals surface area contributed by atoms with Gasteiger partial charge >= 0.3 is 5.82 Å². The van der Waals surface area contributed by atoms with Gasteiger partial charge in [-0.15, -0.1) is 0 Å². The van der Waals surface area contributed by atoms with Crippen molar-refractivity contribution in [3.63, 3.8) is 0 Å². The lowest BCUT2D eigenvalue weighted by Crippen LogP contribution is -2.50. The lowest BCUT2D eigenvalue weighted by atomic mass is 10.2.